The summed E-state index contributed by atoms with van der Waals surface area (Å²) in [6.07, 6.45) is 4.87. The molecule has 2 aromatic heterocycles. The molecule has 8 nitrogen and oxygen atoms in total. The second-order valence-electron chi connectivity index (χ2n) is 4.03. The third-order valence-electron chi connectivity index (χ3n) is 2.61. The van der Waals surface area contributed by atoms with Gasteiger partial charge in [-0.25, -0.2) is 4.98 Å². The van der Waals surface area contributed by atoms with Gasteiger partial charge in [-0.1, -0.05) is 6.07 Å². The largest absolute Gasteiger partial charge is 0.497 e. The monoisotopic (exact) mass is 284 g/mol. The van der Waals surface area contributed by atoms with Gasteiger partial charge in [-0.15, -0.1) is 0 Å². The third-order valence-corrected chi connectivity index (χ3v) is 2.61. The molecular formula is C13H12N6O2. The summed E-state index contributed by atoms with van der Waals surface area (Å²) in [5, 5.41) is 0. The quantitative estimate of drug-likeness (QED) is 0.773. The van der Waals surface area contributed by atoms with E-state index in [2.05, 4.69) is 19.9 Å². The predicted molar refractivity (Wildman–Crippen MR) is 74.4 cm³/mol. The number of ether oxygens (including phenoxy) is 2. The van der Waals surface area contributed by atoms with E-state index in [-0.39, 0.29) is 12.0 Å². The van der Waals surface area contributed by atoms with E-state index in [1.807, 2.05) is 6.07 Å². The Bertz CT molecular complexity index is 744. The number of anilines is 1. The molecule has 3 aromatic rings. The van der Waals surface area contributed by atoms with Crippen LogP contribution in [0.15, 0.2) is 43.0 Å². The second-order valence-corrected chi connectivity index (χ2v) is 4.03. The number of nitrogens with two attached hydrogens (primary N) is 1. The number of benzene rings is 1. The first-order chi connectivity index (χ1) is 10.2. The molecule has 106 valence electrons. The Morgan fingerprint density at radius 2 is 2.00 bits per heavy atom. The standard InChI is InChI=1S/C13H12N6O2/c1-20-9-3-2-4-10(7-9)21-13-17-11(14)16-12(18-13)19-6-5-15-8-19/h2-8H,1H3,(H2,14,16,17,18). The Kier molecular flexibility index (Phi) is 3.34. The van der Waals surface area contributed by atoms with Gasteiger partial charge in [0.2, 0.25) is 11.9 Å². The number of aromatic nitrogens is 5. The van der Waals surface area contributed by atoms with Gasteiger partial charge in [0.25, 0.3) is 0 Å². The molecule has 0 fully saturated rings. The van der Waals surface area contributed by atoms with E-state index >= 15 is 0 Å². The summed E-state index contributed by atoms with van der Waals surface area (Å²) < 4.78 is 12.3. The highest BCUT2D eigenvalue weighted by molar-refractivity contribution is 5.35. The summed E-state index contributed by atoms with van der Waals surface area (Å²) in [5.74, 6) is 1.60. The Morgan fingerprint density at radius 1 is 1.14 bits per heavy atom. The Morgan fingerprint density at radius 3 is 2.76 bits per heavy atom. The molecule has 0 saturated carbocycles. The zero-order chi connectivity index (χ0) is 14.7. The van der Waals surface area contributed by atoms with Gasteiger partial charge in [0.05, 0.1) is 7.11 Å². The van der Waals surface area contributed by atoms with Gasteiger partial charge in [-0.05, 0) is 12.1 Å². The molecule has 0 atom stereocenters. The van der Waals surface area contributed by atoms with Crippen LogP contribution in [0.2, 0.25) is 0 Å². The van der Waals surface area contributed by atoms with Crippen molar-refractivity contribution in [2.75, 3.05) is 12.8 Å². The summed E-state index contributed by atoms with van der Waals surface area (Å²) in [6.45, 7) is 0. The normalized spacial score (nSPS) is 10.3. The maximum absolute atomic E-state index is 5.67. The van der Waals surface area contributed by atoms with Crippen molar-refractivity contribution in [1.29, 1.82) is 0 Å². The van der Waals surface area contributed by atoms with E-state index < -0.39 is 0 Å². The van der Waals surface area contributed by atoms with Crippen LogP contribution in [0.4, 0.5) is 5.95 Å². The summed E-state index contributed by atoms with van der Waals surface area (Å²) in [4.78, 5) is 16.1. The average molecular weight is 284 g/mol. The van der Waals surface area contributed by atoms with Gasteiger partial charge >= 0.3 is 6.01 Å². The molecular weight excluding hydrogens is 272 g/mol. The number of hydrogen-bond donors (Lipinski definition) is 1. The molecule has 0 unspecified atom stereocenters. The van der Waals surface area contributed by atoms with E-state index in [4.69, 9.17) is 15.2 Å². The van der Waals surface area contributed by atoms with Gasteiger partial charge in [-0.2, -0.15) is 15.0 Å². The first-order valence-electron chi connectivity index (χ1n) is 6.06. The average Bonchev–Trinajstić information content (AvgIpc) is 3.01. The molecule has 0 saturated heterocycles. The van der Waals surface area contributed by atoms with Crippen molar-refractivity contribution >= 4 is 5.95 Å². The first kappa shape index (κ1) is 12.9. The zero-order valence-corrected chi connectivity index (χ0v) is 11.2. The minimum Gasteiger partial charge on any atom is -0.497 e. The van der Waals surface area contributed by atoms with Gasteiger partial charge < -0.3 is 15.2 Å². The fourth-order valence-electron chi connectivity index (χ4n) is 1.67. The molecule has 0 radical (unpaired) electrons. The molecule has 8 heteroatoms. The number of rotatable bonds is 4. The smallest absolute Gasteiger partial charge is 0.328 e. The van der Waals surface area contributed by atoms with Crippen LogP contribution in [0, 0.1) is 0 Å². The van der Waals surface area contributed by atoms with Crippen molar-refractivity contribution < 1.29 is 9.47 Å². The highest BCUT2D eigenvalue weighted by atomic mass is 16.5. The van der Waals surface area contributed by atoms with Crippen LogP contribution in [0.3, 0.4) is 0 Å². The van der Waals surface area contributed by atoms with Crippen molar-refractivity contribution in [3.05, 3.63) is 43.0 Å². The highest BCUT2D eigenvalue weighted by Crippen LogP contribution is 2.23. The van der Waals surface area contributed by atoms with Crippen LogP contribution >= 0.6 is 0 Å². The van der Waals surface area contributed by atoms with Gasteiger partial charge in [-0.3, -0.25) is 4.57 Å². The molecule has 0 aliphatic heterocycles. The molecule has 0 bridgehead atoms. The van der Waals surface area contributed by atoms with Gasteiger partial charge in [0.1, 0.15) is 17.8 Å². The molecule has 0 aliphatic carbocycles. The van der Waals surface area contributed by atoms with Crippen LogP contribution < -0.4 is 15.2 Å². The SMILES string of the molecule is COc1cccc(Oc2nc(N)nc(-n3ccnc3)n2)c1. The molecule has 2 N–H and O–H groups in total. The summed E-state index contributed by atoms with van der Waals surface area (Å²) in [7, 11) is 1.58. The molecule has 21 heavy (non-hydrogen) atoms. The minimum atomic E-state index is 0.0617. The number of nitrogen functional groups attached to an aromatic ring is 1. The number of imidazole rings is 1. The summed E-state index contributed by atoms with van der Waals surface area (Å²) in [5.41, 5.74) is 5.67. The summed E-state index contributed by atoms with van der Waals surface area (Å²) in [6, 6.07) is 7.19. The predicted octanol–water partition coefficient (Wildman–Crippen LogP) is 1.44. The Balaban J connectivity index is 1.91. The van der Waals surface area contributed by atoms with Crippen molar-refractivity contribution in [1.82, 2.24) is 24.5 Å². The van der Waals surface area contributed by atoms with E-state index in [0.717, 1.165) is 0 Å². The van der Waals surface area contributed by atoms with E-state index in [1.165, 1.54) is 0 Å². The van der Waals surface area contributed by atoms with Crippen LogP contribution in [0.1, 0.15) is 0 Å². The fourth-order valence-corrected chi connectivity index (χ4v) is 1.67. The number of hydrogen-bond acceptors (Lipinski definition) is 7. The van der Waals surface area contributed by atoms with Crippen LogP contribution in [0.25, 0.3) is 5.95 Å². The topological polar surface area (TPSA) is 101 Å². The minimum absolute atomic E-state index is 0.0617. The zero-order valence-electron chi connectivity index (χ0n) is 11.2. The molecule has 3 rings (SSSR count). The first-order valence-corrected chi connectivity index (χ1v) is 6.06. The molecule has 0 aliphatic rings. The lowest BCUT2D eigenvalue weighted by Crippen LogP contribution is -2.06. The van der Waals surface area contributed by atoms with Crippen LogP contribution in [-0.4, -0.2) is 31.6 Å². The molecule has 1 aromatic carbocycles. The lowest BCUT2D eigenvalue weighted by atomic mass is 10.3. The highest BCUT2D eigenvalue weighted by Gasteiger charge is 2.08. The lowest BCUT2D eigenvalue weighted by molar-refractivity contribution is 0.404. The molecule has 2 heterocycles. The maximum Gasteiger partial charge on any atom is 0.328 e. The van der Waals surface area contributed by atoms with Crippen LogP contribution in [-0.2, 0) is 0 Å². The van der Waals surface area contributed by atoms with Gasteiger partial charge in [0.15, 0.2) is 0 Å². The summed E-state index contributed by atoms with van der Waals surface area (Å²) >= 11 is 0. The third kappa shape index (κ3) is 2.89. The maximum atomic E-state index is 5.67. The lowest BCUT2D eigenvalue weighted by Gasteiger charge is -2.07. The Labute approximate surface area is 120 Å². The molecule has 0 spiro atoms. The second kappa shape index (κ2) is 5.45. The van der Waals surface area contributed by atoms with Crippen molar-refractivity contribution in [2.24, 2.45) is 0 Å². The fraction of sp³-hybridized carbons (Fsp3) is 0.0769. The van der Waals surface area contributed by atoms with Gasteiger partial charge in [0, 0.05) is 18.5 Å². The number of methoxy groups -OCH3 is 1. The Hall–Kier alpha value is -3.16. The van der Waals surface area contributed by atoms with E-state index in [9.17, 15) is 0 Å². The van der Waals surface area contributed by atoms with Crippen LogP contribution in [0.5, 0.6) is 17.5 Å². The van der Waals surface area contributed by atoms with E-state index in [1.54, 1.807) is 48.6 Å². The van der Waals surface area contributed by atoms with Crippen molar-refractivity contribution in [2.45, 2.75) is 0 Å². The van der Waals surface area contributed by atoms with Crippen molar-refractivity contribution in [3.8, 4) is 23.5 Å². The molecule has 0 amide bonds. The van der Waals surface area contributed by atoms with Crippen molar-refractivity contribution in [3.63, 3.8) is 0 Å². The number of nitrogens with zero attached hydrogens (tertiary/aromatic N) is 5. The van der Waals surface area contributed by atoms with E-state index in [0.29, 0.717) is 17.4 Å².